The summed E-state index contributed by atoms with van der Waals surface area (Å²) in [6, 6.07) is 9.86. The maximum absolute atomic E-state index is 13.3. The minimum Gasteiger partial charge on any atom is -0.378 e. The monoisotopic (exact) mass is 434 g/mol. The van der Waals surface area contributed by atoms with Gasteiger partial charge in [0.2, 0.25) is 0 Å². The molecule has 2 aromatic carbocycles. The van der Waals surface area contributed by atoms with E-state index in [0.29, 0.717) is 31.9 Å². The summed E-state index contributed by atoms with van der Waals surface area (Å²) >= 11 is 0. The number of ether oxygens (including phenoxy) is 1. The van der Waals surface area contributed by atoms with E-state index in [1.807, 2.05) is 42.1 Å². The molecular weight excluding hydrogens is 406 g/mol. The third-order valence-corrected chi connectivity index (χ3v) is 5.62. The number of H-pyrrole nitrogens is 1. The molecule has 0 radical (unpaired) electrons. The molecule has 0 aliphatic heterocycles. The molecule has 0 saturated carbocycles. The molecule has 32 heavy (non-hydrogen) atoms. The Morgan fingerprint density at radius 3 is 2.56 bits per heavy atom. The van der Waals surface area contributed by atoms with Gasteiger partial charge in [0.25, 0.3) is 5.91 Å². The van der Waals surface area contributed by atoms with Crippen LogP contribution >= 0.6 is 0 Å². The Hall–Kier alpha value is -3.65. The molecule has 0 fully saturated rings. The van der Waals surface area contributed by atoms with Gasteiger partial charge in [0, 0.05) is 47.9 Å². The van der Waals surface area contributed by atoms with E-state index >= 15 is 0 Å². The van der Waals surface area contributed by atoms with Crippen LogP contribution in [0.15, 0.2) is 42.7 Å². The lowest BCUT2D eigenvalue weighted by atomic mass is 9.95. The minimum atomic E-state index is -0.246. The molecule has 4 aromatic rings. The van der Waals surface area contributed by atoms with Crippen molar-refractivity contribution in [3.8, 4) is 0 Å². The fourth-order valence-electron chi connectivity index (χ4n) is 4.09. The predicted octanol–water partition coefficient (Wildman–Crippen LogP) is 2.28. The molecular formula is C24H28N5O3+. The number of aromatic nitrogens is 2. The summed E-state index contributed by atoms with van der Waals surface area (Å²) in [6.45, 7) is 3.61. The maximum atomic E-state index is 13.3. The number of hydrogen-bond acceptors (Lipinski definition) is 3. The first-order valence-corrected chi connectivity index (χ1v) is 10.6. The molecule has 8 heteroatoms. The number of nitrogens with zero attached hydrogens (tertiary/aromatic N) is 1. The average molecular weight is 435 g/mol. The van der Waals surface area contributed by atoms with Crippen LogP contribution in [0.5, 0.6) is 0 Å². The molecule has 2 aromatic heterocycles. The molecule has 2 heterocycles. The molecule has 4 rings (SSSR count). The molecule has 0 aliphatic carbocycles. The molecule has 0 bridgehead atoms. The fourth-order valence-corrected chi connectivity index (χ4v) is 4.09. The van der Waals surface area contributed by atoms with Crippen LogP contribution in [0, 0.1) is 6.92 Å². The van der Waals surface area contributed by atoms with Crippen molar-refractivity contribution in [1.29, 1.82) is 0 Å². The van der Waals surface area contributed by atoms with Gasteiger partial charge >= 0.3 is 6.03 Å². The number of nitrogens with one attached hydrogen (secondary N) is 4. The molecule has 166 valence electrons. The summed E-state index contributed by atoms with van der Waals surface area (Å²) < 4.78 is 7.50. The van der Waals surface area contributed by atoms with Gasteiger partial charge in [-0.2, -0.15) is 0 Å². The van der Waals surface area contributed by atoms with Gasteiger partial charge in [-0.3, -0.25) is 4.79 Å². The number of carbonyl (C=O) groups is 2. The van der Waals surface area contributed by atoms with E-state index in [1.54, 1.807) is 7.05 Å². The summed E-state index contributed by atoms with van der Waals surface area (Å²) in [4.78, 5) is 27.9. The standard InChI is InChI=1S/C24H27N5O3/c1-15-18-14-29(3)11-8-16(18)21(22-20(15)17-6-4-5-7-19(17)28-22)23(30)26-9-12-32-13-10-27-24(31)25-2/h4-8,11,14H,9-10,12-13H2,1-3H3,(H3,25,26,27,30,31)/p+1. The van der Waals surface area contributed by atoms with Crippen molar-refractivity contribution in [3.63, 3.8) is 0 Å². The van der Waals surface area contributed by atoms with Gasteiger partial charge in [-0.25, -0.2) is 9.36 Å². The largest absolute Gasteiger partial charge is 0.378 e. The highest BCUT2D eigenvalue weighted by molar-refractivity contribution is 6.24. The third kappa shape index (κ3) is 4.09. The van der Waals surface area contributed by atoms with Gasteiger partial charge < -0.3 is 25.7 Å². The van der Waals surface area contributed by atoms with Crippen molar-refractivity contribution >= 4 is 44.5 Å². The van der Waals surface area contributed by atoms with E-state index in [0.717, 1.165) is 38.1 Å². The number of carbonyl (C=O) groups excluding carboxylic acids is 2. The summed E-state index contributed by atoms with van der Waals surface area (Å²) in [5.41, 5.74) is 3.63. The van der Waals surface area contributed by atoms with Gasteiger partial charge in [-0.1, -0.05) is 18.2 Å². The molecule has 0 spiro atoms. The van der Waals surface area contributed by atoms with Gasteiger partial charge in [0.15, 0.2) is 12.4 Å². The number of amides is 3. The summed E-state index contributed by atoms with van der Waals surface area (Å²) in [5, 5.41) is 12.2. The first-order chi connectivity index (χ1) is 15.5. The molecule has 0 atom stereocenters. The first-order valence-electron chi connectivity index (χ1n) is 10.6. The second kappa shape index (κ2) is 9.23. The zero-order valence-electron chi connectivity index (χ0n) is 18.5. The van der Waals surface area contributed by atoms with Gasteiger partial charge in [0.05, 0.1) is 29.7 Å². The quantitative estimate of drug-likeness (QED) is 0.265. The normalized spacial score (nSPS) is 11.2. The number of pyridine rings is 1. The van der Waals surface area contributed by atoms with Crippen molar-refractivity contribution in [2.45, 2.75) is 6.92 Å². The Kier molecular flexibility index (Phi) is 6.23. The van der Waals surface area contributed by atoms with Gasteiger partial charge in [-0.05, 0) is 18.6 Å². The second-order valence-corrected chi connectivity index (χ2v) is 7.73. The SMILES string of the molecule is CNC(=O)NCCOCCNC(=O)c1c2cc[n+](C)cc2c(C)c2c1[nH]c1ccccc12. The number of fused-ring (bicyclic) bond motifs is 4. The van der Waals surface area contributed by atoms with Gasteiger partial charge in [0.1, 0.15) is 7.05 Å². The van der Waals surface area contributed by atoms with E-state index < -0.39 is 0 Å². The third-order valence-electron chi connectivity index (χ3n) is 5.62. The number of rotatable bonds is 7. The minimum absolute atomic E-state index is 0.146. The van der Waals surface area contributed by atoms with E-state index in [-0.39, 0.29) is 11.9 Å². The Bertz CT molecular complexity index is 1310. The number of para-hydroxylation sites is 1. The molecule has 8 nitrogen and oxygen atoms in total. The highest BCUT2D eigenvalue weighted by Gasteiger charge is 2.22. The highest BCUT2D eigenvalue weighted by atomic mass is 16.5. The average Bonchev–Trinajstić information content (AvgIpc) is 3.18. The van der Waals surface area contributed by atoms with Crippen molar-refractivity contribution in [3.05, 3.63) is 53.9 Å². The van der Waals surface area contributed by atoms with Crippen molar-refractivity contribution in [1.82, 2.24) is 20.9 Å². The Morgan fingerprint density at radius 2 is 1.78 bits per heavy atom. The van der Waals surface area contributed by atoms with Crippen molar-refractivity contribution < 1.29 is 18.9 Å². The molecule has 0 unspecified atom stereocenters. The summed E-state index contributed by atoms with van der Waals surface area (Å²) in [7, 11) is 3.54. The fraction of sp³-hybridized carbons (Fsp3) is 0.292. The zero-order chi connectivity index (χ0) is 22.7. The molecule has 0 aliphatic rings. The maximum Gasteiger partial charge on any atom is 0.314 e. The van der Waals surface area contributed by atoms with E-state index in [4.69, 9.17) is 4.74 Å². The highest BCUT2D eigenvalue weighted by Crippen LogP contribution is 2.36. The van der Waals surface area contributed by atoms with Gasteiger partial charge in [-0.15, -0.1) is 0 Å². The van der Waals surface area contributed by atoms with E-state index in [1.165, 1.54) is 0 Å². The predicted molar refractivity (Wildman–Crippen MR) is 125 cm³/mol. The number of aromatic amines is 1. The lowest BCUT2D eigenvalue weighted by Crippen LogP contribution is -2.35. The Labute approximate surface area is 185 Å². The number of aryl methyl sites for hydroxylation is 2. The van der Waals surface area contributed by atoms with Crippen LogP contribution in [0.2, 0.25) is 0 Å². The Morgan fingerprint density at radius 1 is 1.03 bits per heavy atom. The zero-order valence-corrected chi connectivity index (χ0v) is 18.5. The molecule has 3 amide bonds. The lowest BCUT2D eigenvalue weighted by molar-refractivity contribution is -0.670. The van der Waals surface area contributed by atoms with Crippen LogP contribution in [0.4, 0.5) is 4.79 Å². The van der Waals surface area contributed by atoms with Crippen LogP contribution in [-0.4, -0.2) is 50.3 Å². The van der Waals surface area contributed by atoms with Crippen LogP contribution in [0.1, 0.15) is 15.9 Å². The van der Waals surface area contributed by atoms with Crippen LogP contribution < -0.4 is 20.5 Å². The topological polar surface area (TPSA) is 99.1 Å². The number of benzene rings is 2. The molecule has 4 N–H and O–H groups in total. The van der Waals surface area contributed by atoms with Crippen LogP contribution in [0.3, 0.4) is 0 Å². The Balaban J connectivity index is 1.60. The van der Waals surface area contributed by atoms with E-state index in [2.05, 4.69) is 40.1 Å². The van der Waals surface area contributed by atoms with Crippen molar-refractivity contribution in [2.24, 2.45) is 7.05 Å². The van der Waals surface area contributed by atoms with Crippen molar-refractivity contribution in [2.75, 3.05) is 33.4 Å². The van der Waals surface area contributed by atoms with Crippen LogP contribution in [0.25, 0.3) is 32.6 Å². The first kappa shape index (κ1) is 21.6. The lowest BCUT2D eigenvalue weighted by Gasteiger charge is -2.12. The number of hydrogen-bond donors (Lipinski definition) is 4. The molecule has 0 saturated heterocycles. The number of urea groups is 1. The summed E-state index contributed by atoms with van der Waals surface area (Å²) in [6.07, 6.45) is 4.01. The van der Waals surface area contributed by atoms with E-state index in [9.17, 15) is 9.59 Å². The van der Waals surface area contributed by atoms with Crippen LogP contribution in [-0.2, 0) is 11.8 Å². The smallest absolute Gasteiger partial charge is 0.314 e. The second-order valence-electron chi connectivity index (χ2n) is 7.73. The summed E-state index contributed by atoms with van der Waals surface area (Å²) in [5.74, 6) is -0.146.